The van der Waals surface area contributed by atoms with Crippen LogP contribution in [0.1, 0.15) is 6.42 Å². The average molecular weight is 147 g/mol. The third-order valence-electron chi connectivity index (χ3n) is 1.03. The van der Waals surface area contributed by atoms with Crippen LogP contribution in [0.5, 0.6) is 0 Å². The van der Waals surface area contributed by atoms with E-state index in [0.717, 1.165) is 0 Å². The molecule has 0 atom stereocenters. The van der Waals surface area contributed by atoms with Crippen molar-refractivity contribution in [3.63, 3.8) is 0 Å². The summed E-state index contributed by atoms with van der Waals surface area (Å²) in [4.78, 5) is 10.2. The lowest BCUT2D eigenvalue weighted by atomic mass is 10.4. The van der Waals surface area contributed by atoms with Crippen molar-refractivity contribution in [1.29, 1.82) is 0 Å². The molecule has 0 fully saturated rings. The van der Waals surface area contributed by atoms with Crippen molar-refractivity contribution in [1.82, 2.24) is 5.01 Å². The zero-order valence-electron chi connectivity index (χ0n) is 5.79. The van der Waals surface area contributed by atoms with Crippen LogP contribution in [0.3, 0.4) is 0 Å². The van der Waals surface area contributed by atoms with Gasteiger partial charge in [-0.15, -0.1) is 0 Å². The molecule has 5 N–H and O–H groups in total. The highest BCUT2D eigenvalue weighted by atomic mass is 16.3. The standard InChI is InChI=1S/C5H13N3O2/c6-5(10)1-2-8(7)3-4-9/h9H,1-4,7H2,(H2,6,10). The number of primary amides is 1. The molecule has 0 rings (SSSR count). The van der Waals surface area contributed by atoms with Crippen molar-refractivity contribution in [2.75, 3.05) is 19.7 Å². The summed E-state index contributed by atoms with van der Waals surface area (Å²) in [6.45, 7) is 0.762. The molecule has 0 aliphatic heterocycles. The number of hydrogen-bond donors (Lipinski definition) is 3. The quantitative estimate of drug-likeness (QED) is 0.310. The lowest BCUT2D eigenvalue weighted by Gasteiger charge is -2.12. The Bertz CT molecular complexity index is 107. The minimum atomic E-state index is -0.381. The van der Waals surface area contributed by atoms with E-state index in [0.29, 0.717) is 13.1 Å². The number of carbonyl (C=O) groups is 1. The van der Waals surface area contributed by atoms with Gasteiger partial charge in [-0.2, -0.15) is 0 Å². The van der Waals surface area contributed by atoms with Gasteiger partial charge >= 0.3 is 0 Å². The number of nitrogens with two attached hydrogens (primary N) is 2. The fourth-order valence-electron chi connectivity index (χ4n) is 0.494. The third kappa shape index (κ3) is 5.49. The maximum Gasteiger partial charge on any atom is 0.218 e. The Kier molecular flexibility index (Phi) is 4.82. The molecule has 0 spiro atoms. The van der Waals surface area contributed by atoms with E-state index < -0.39 is 0 Å². The van der Waals surface area contributed by atoms with E-state index in [1.807, 2.05) is 0 Å². The number of hydrogen-bond acceptors (Lipinski definition) is 4. The van der Waals surface area contributed by atoms with Gasteiger partial charge in [-0.25, -0.2) is 5.01 Å². The van der Waals surface area contributed by atoms with Crippen LogP contribution < -0.4 is 11.6 Å². The highest BCUT2D eigenvalue weighted by Gasteiger charge is 1.99. The van der Waals surface area contributed by atoms with E-state index in [4.69, 9.17) is 16.7 Å². The molecule has 60 valence electrons. The first-order chi connectivity index (χ1) is 4.66. The predicted molar refractivity (Wildman–Crippen MR) is 36.7 cm³/mol. The molecule has 0 aromatic carbocycles. The monoisotopic (exact) mass is 147 g/mol. The van der Waals surface area contributed by atoms with E-state index >= 15 is 0 Å². The van der Waals surface area contributed by atoms with Crippen molar-refractivity contribution in [2.24, 2.45) is 11.6 Å². The number of hydrazine groups is 1. The molecule has 10 heavy (non-hydrogen) atoms. The Balaban J connectivity index is 3.21. The summed E-state index contributed by atoms with van der Waals surface area (Å²) >= 11 is 0. The summed E-state index contributed by atoms with van der Waals surface area (Å²) in [6, 6.07) is 0. The van der Waals surface area contributed by atoms with Gasteiger partial charge in [-0.05, 0) is 0 Å². The number of amides is 1. The van der Waals surface area contributed by atoms with Gasteiger partial charge in [0.2, 0.25) is 5.91 Å². The Morgan fingerprint density at radius 2 is 2.10 bits per heavy atom. The minimum Gasteiger partial charge on any atom is -0.395 e. The highest BCUT2D eigenvalue weighted by molar-refractivity contribution is 5.73. The average Bonchev–Trinajstić information content (AvgIpc) is 1.85. The van der Waals surface area contributed by atoms with Crippen LogP contribution in [-0.2, 0) is 4.79 Å². The molecule has 0 heterocycles. The van der Waals surface area contributed by atoms with Crippen LogP contribution >= 0.6 is 0 Å². The van der Waals surface area contributed by atoms with Crippen LogP contribution in [0, 0.1) is 0 Å². The van der Waals surface area contributed by atoms with E-state index in [1.54, 1.807) is 0 Å². The van der Waals surface area contributed by atoms with Gasteiger partial charge in [0.15, 0.2) is 0 Å². The van der Waals surface area contributed by atoms with Crippen molar-refractivity contribution in [2.45, 2.75) is 6.42 Å². The summed E-state index contributed by atoms with van der Waals surface area (Å²) in [5, 5.41) is 9.72. The Hall–Kier alpha value is -0.650. The topological polar surface area (TPSA) is 92.6 Å². The van der Waals surface area contributed by atoms with Gasteiger partial charge in [0.1, 0.15) is 0 Å². The van der Waals surface area contributed by atoms with Gasteiger partial charge in [-0.3, -0.25) is 10.6 Å². The molecule has 0 saturated heterocycles. The summed E-state index contributed by atoms with van der Waals surface area (Å²) < 4.78 is 0. The third-order valence-corrected chi connectivity index (χ3v) is 1.03. The fourth-order valence-corrected chi connectivity index (χ4v) is 0.494. The molecule has 5 nitrogen and oxygen atoms in total. The maximum absolute atomic E-state index is 10.2. The van der Waals surface area contributed by atoms with Crippen LogP contribution in [0.4, 0.5) is 0 Å². The highest BCUT2D eigenvalue weighted by Crippen LogP contribution is 1.81. The molecule has 0 aromatic rings. The Labute approximate surface area is 59.6 Å². The van der Waals surface area contributed by atoms with Crippen molar-refractivity contribution < 1.29 is 9.90 Å². The second-order valence-corrected chi connectivity index (χ2v) is 1.98. The normalized spacial score (nSPS) is 10.3. The molecule has 0 saturated carbocycles. The number of aliphatic hydroxyl groups excluding tert-OH is 1. The van der Waals surface area contributed by atoms with Gasteiger partial charge in [0, 0.05) is 19.5 Å². The Morgan fingerprint density at radius 1 is 1.50 bits per heavy atom. The Morgan fingerprint density at radius 3 is 2.50 bits per heavy atom. The van der Waals surface area contributed by atoms with Crippen molar-refractivity contribution >= 4 is 5.91 Å². The summed E-state index contributed by atoms with van der Waals surface area (Å²) in [5.41, 5.74) is 4.85. The molecule has 0 unspecified atom stereocenters. The molecule has 0 aromatic heterocycles. The zero-order chi connectivity index (χ0) is 7.98. The number of carbonyl (C=O) groups excluding carboxylic acids is 1. The SMILES string of the molecule is NC(=O)CCN(N)CCO. The van der Waals surface area contributed by atoms with Gasteiger partial charge < -0.3 is 10.8 Å². The zero-order valence-corrected chi connectivity index (χ0v) is 5.79. The van der Waals surface area contributed by atoms with Gasteiger partial charge in [0.05, 0.1) is 6.61 Å². The van der Waals surface area contributed by atoms with E-state index in [2.05, 4.69) is 0 Å². The van der Waals surface area contributed by atoms with Gasteiger partial charge in [0.25, 0.3) is 0 Å². The molecule has 0 aliphatic rings. The molecular weight excluding hydrogens is 134 g/mol. The second kappa shape index (κ2) is 5.16. The second-order valence-electron chi connectivity index (χ2n) is 1.98. The van der Waals surface area contributed by atoms with Crippen LogP contribution in [-0.4, -0.2) is 35.7 Å². The molecule has 0 radical (unpaired) electrons. The first-order valence-electron chi connectivity index (χ1n) is 3.05. The first-order valence-corrected chi connectivity index (χ1v) is 3.05. The summed E-state index contributed by atoms with van der Waals surface area (Å²) in [5.74, 6) is 4.92. The van der Waals surface area contributed by atoms with E-state index in [9.17, 15) is 4.79 Å². The predicted octanol–water partition coefficient (Wildman–Crippen LogP) is -1.97. The van der Waals surface area contributed by atoms with E-state index in [1.165, 1.54) is 5.01 Å². The van der Waals surface area contributed by atoms with Crippen LogP contribution in [0.15, 0.2) is 0 Å². The minimum absolute atomic E-state index is 0.00470. The van der Waals surface area contributed by atoms with Crippen LogP contribution in [0.2, 0.25) is 0 Å². The molecule has 5 heteroatoms. The molecule has 0 bridgehead atoms. The van der Waals surface area contributed by atoms with Gasteiger partial charge in [-0.1, -0.05) is 0 Å². The molecule has 1 amide bonds. The summed E-state index contributed by atoms with van der Waals surface area (Å²) in [7, 11) is 0. The number of aliphatic hydroxyl groups is 1. The van der Waals surface area contributed by atoms with Crippen molar-refractivity contribution in [3.05, 3.63) is 0 Å². The fraction of sp³-hybridized carbons (Fsp3) is 0.800. The molecule has 0 aliphatic carbocycles. The summed E-state index contributed by atoms with van der Waals surface area (Å²) in [6.07, 6.45) is 0.233. The van der Waals surface area contributed by atoms with E-state index in [-0.39, 0.29) is 18.9 Å². The number of rotatable bonds is 5. The molecular formula is C5H13N3O2. The van der Waals surface area contributed by atoms with Crippen LogP contribution in [0.25, 0.3) is 0 Å². The largest absolute Gasteiger partial charge is 0.395 e. The first kappa shape index (κ1) is 9.35. The number of nitrogens with zero attached hydrogens (tertiary/aromatic N) is 1. The smallest absolute Gasteiger partial charge is 0.218 e. The lowest BCUT2D eigenvalue weighted by molar-refractivity contribution is -0.118. The van der Waals surface area contributed by atoms with Crippen molar-refractivity contribution in [3.8, 4) is 0 Å². The maximum atomic E-state index is 10.2. The lowest BCUT2D eigenvalue weighted by Crippen LogP contribution is -2.36.